The summed E-state index contributed by atoms with van der Waals surface area (Å²) in [7, 11) is 0. The quantitative estimate of drug-likeness (QED) is 0.401. The van der Waals surface area contributed by atoms with Gasteiger partial charge in [0.25, 0.3) is 0 Å². The standard InChI is InChI=1S/C32H45F2N5O2S/c1-20(2)31(41)37-13-9-29-28(18-37)35-21(3)39(29)26-16-24-4-5-25(17-26)38(24)14-8-27(23-10-15-42-19-23)36-30(40)22-6-11-32(33,34)12-7-22/h10,15,19-20,22,24-27H,4-9,11-14,16-18H2,1-3H3,(H,36,40)/t24-,25+,26?,27-/m0/s1. The van der Waals surface area contributed by atoms with Crippen molar-refractivity contribution in [3.8, 4) is 0 Å². The first-order valence-electron chi connectivity index (χ1n) is 15.9. The number of rotatable bonds is 8. The lowest BCUT2D eigenvalue weighted by molar-refractivity contribution is -0.135. The Bertz CT molecular complexity index is 1250. The Kier molecular flexibility index (Phi) is 8.48. The van der Waals surface area contributed by atoms with E-state index < -0.39 is 5.92 Å². The normalized spacial score (nSPS) is 26.8. The first-order chi connectivity index (χ1) is 20.1. The van der Waals surface area contributed by atoms with Crippen molar-refractivity contribution in [3.05, 3.63) is 39.6 Å². The summed E-state index contributed by atoms with van der Waals surface area (Å²) in [4.78, 5) is 35.3. The fourth-order valence-electron chi connectivity index (χ4n) is 8.06. The number of carbonyl (C=O) groups is 2. The number of imidazole rings is 1. The molecule has 1 saturated carbocycles. The molecule has 1 unspecified atom stereocenters. The number of nitrogens with one attached hydrogen (secondary N) is 1. The molecule has 2 saturated heterocycles. The fraction of sp³-hybridized carbons (Fsp3) is 0.719. The van der Waals surface area contributed by atoms with Crippen LogP contribution in [0.4, 0.5) is 8.78 Å². The maximum Gasteiger partial charge on any atom is 0.248 e. The molecule has 10 heteroatoms. The Balaban J connectivity index is 1.09. The Morgan fingerprint density at radius 3 is 2.48 bits per heavy atom. The lowest BCUT2D eigenvalue weighted by atomic mass is 9.86. The topological polar surface area (TPSA) is 70.5 Å². The van der Waals surface area contributed by atoms with Crippen LogP contribution in [0, 0.1) is 18.8 Å². The molecule has 42 heavy (non-hydrogen) atoms. The van der Waals surface area contributed by atoms with Crippen LogP contribution in [-0.4, -0.2) is 62.3 Å². The molecule has 7 nitrogen and oxygen atoms in total. The van der Waals surface area contributed by atoms with Crippen molar-refractivity contribution >= 4 is 23.2 Å². The van der Waals surface area contributed by atoms with Gasteiger partial charge in [-0.05, 0) is 74.3 Å². The highest BCUT2D eigenvalue weighted by molar-refractivity contribution is 7.08. The molecule has 2 aromatic heterocycles. The number of halogens is 2. The molecule has 1 aliphatic carbocycles. The predicted molar refractivity (Wildman–Crippen MR) is 159 cm³/mol. The lowest BCUT2D eigenvalue weighted by Crippen LogP contribution is -2.46. The van der Waals surface area contributed by atoms with Crippen LogP contribution in [0.5, 0.6) is 0 Å². The molecule has 3 fully saturated rings. The number of aromatic nitrogens is 2. The van der Waals surface area contributed by atoms with Gasteiger partial charge in [0, 0.05) is 68.0 Å². The molecular formula is C32H45F2N5O2S. The monoisotopic (exact) mass is 601 g/mol. The minimum atomic E-state index is -2.63. The van der Waals surface area contributed by atoms with Crippen molar-refractivity contribution in [2.45, 2.75) is 122 Å². The predicted octanol–water partition coefficient (Wildman–Crippen LogP) is 6.03. The van der Waals surface area contributed by atoms with Crippen LogP contribution in [0.2, 0.25) is 0 Å². The Labute approximate surface area is 252 Å². The van der Waals surface area contributed by atoms with Crippen LogP contribution in [0.3, 0.4) is 0 Å². The molecule has 2 amide bonds. The molecule has 3 aliphatic heterocycles. The largest absolute Gasteiger partial charge is 0.349 e. The first-order valence-corrected chi connectivity index (χ1v) is 16.9. The fourth-order valence-corrected chi connectivity index (χ4v) is 8.78. The second kappa shape index (κ2) is 12.0. The number of fused-ring (bicyclic) bond motifs is 3. The number of piperidine rings is 1. The Morgan fingerprint density at radius 2 is 1.83 bits per heavy atom. The molecule has 1 N–H and O–H groups in total. The minimum absolute atomic E-state index is 0.00243. The van der Waals surface area contributed by atoms with Gasteiger partial charge in [0.15, 0.2) is 0 Å². The van der Waals surface area contributed by atoms with Gasteiger partial charge in [-0.2, -0.15) is 11.3 Å². The highest BCUT2D eigenvalue weighted by atomic mass is 32.1. The van der Waals surface area contributed by atoms with Crippen molar-refractivity contribution in [2.24, 2.45) is 11.8 Å². The van der Waals surface area contributed by atoms with E-state index in [1.165, 1.54) is 18.5 Å². The smallest absolute Gasteiger partial charge is 0.248 e. The van der Waals surface area contributed by atoms with E-state index in [9.17, 15) is 18.4 Å². The van der Waals surface area contributed by atoms with Gasteiger partial charge in [-0.25, -0.2) is 13.8 Å². The molecule has 6 rings (SSSR count). The van der Waals surface area contributed by atoms with Crippen LogP contribution in [0.1, 0.15) is 106 Å². The molecule has 4 aliphatic rings. The highest BCUT2D eigenvalue weighted by Gasteiger charge is 2.43. The molecule has 0 aromatic carbocycles. The summed E-state index contributed by atoms with van der Waals surface area (Å²) in [6.07, 6.45) is 6.40. The van der Waals surface area contributed by atoms with E-state index in [1.54, 1.807) is 11.3 Å². The van der Waals surface area contributed by atoms with Crippen molar-refractivity contribution in [2.75, 3.05) is 13.1 Å². The summed E-state index contributed by atoms with van der Waals surface area (Å²) in [5.41, 5.74) is 3.50. The summed E-state index contributed by atoms with van der Waals surface area (Å²) in [6.45, 7) is 8.33. The van der Waals surface area contributed by atoms with Gasteiger partial charge >= 0.3 is 0 Å². The number of hydrogen-bond donors (Lipinski definition) is 1. The van der Waals surface area contributed by atoms with Gasteiger partial charge in [0.2, 0.25) is 17.7 Å². The second-order valence-corrected chi connectivity index (χ2v) is 14.2. The Morgan fingerprint density at radius 1 is 1.12 bits per heavy atom. The van der Waals surface area contributed by atoms with E-state index in [2.05, 4.69) is 33.2 Å². The first kappa shape index (κ1) is 29.7. The third-order valence-corrected chi connectivity index (χ3v) is 11.0. The Hall–Kier alpha value is -2.33. The third kappa shape index (κ3) is 6.03. The van der Waals surface area contributed by atoms with E-state index in [4.69, 9.17) is 4.98 Å². The van der Waals surface area contributed by atoms with Crippen molar-refractivity contribution in [1.29, 1.82) is 0 Å². The van der Waals surface area contributed by atoms with Gasteiger partial charge in [0.1, 0.15) is 5.82 Å². The van der Waals surface area contributed by atoms with Crippen LogP contribution < -0.4 is 5.32 Å². The molecule has 230 valence electrons. The van der Waals surface area contributed by atoms with Crippen molar-refractivity contribution in [1.82, 2.24) is 24.7 Å². The van der Waals surface area contributed by atoms with Crippen molar-refractivity contribution < 1.29 is 18.4 Å². The molecule has 0 spiro atoms. The lowest BCUT2D eigenvalue weighted by Gasteiger charge is -2.41. The minimum Gasteiger partial charge on any atom is -0.349 e. The van der Waals surface area contributed by atoms with Gasteiger partial charge in [0.05, 0.1) is 18.3 Å². The van der Waals surface area contributed by atoms with Gasteiger partial charge < -0.3 is 14.8 Å². The zero-order valence-electron chi connectivity index (χ0n) is 25.2. The molecule has 2 aromatic rings. The molecule has 5 heterocycles. The van der Waals surface area contributed by atoms with Gasteiger partial charge in [-0.3, -0.25) is 14.5 Å². The number of hydrogen-bond acceptors (Lipinski definition) is 5. The molecule has 4 atom stereocenters. The van der Waals surface area contributed by atoms with E-state index in [0.717, 1.165) is 55.9 Å². The van der Waals surface area contributed by atoms with Crippen LogP contribution in [0.15, 0.2) is 16.8 Å². The zero-order chi connectivity index (χ0) is 29.6. The maximum absolute atomic E-state index is 13.7. The molecule has 2 bridgehead atoms. The summed E-state index contributed by atoms with van der Waals surface area (Å²) in [5, 5.41) is 7.39. The average molecular weight is 602 g/mol. The summed E-state index contributed by atoms with van der Waals surface area (Å²) < 4.78 is 29.8. The van der Waals surface area contributed by atoms with Gasteiger partial charge in [-0.1, -0.05) is 13.8 Å². The average Bonchev–Trinajstić information content (AvgIpc) is 3.66. The van der Waals surface area contributed by atoms with Gasteiger partial charge in [-0.15, -0.1) is 0 Å². The number of nitrogens with zero attached hydrogens (tertiary/aromatic N) is 4. The summed E-state index contributed by atoms with van der Waals surface area (Å²) in [5.74, 6) is -1.75. The molecular weight excluding hydrogens is 556 g/mol. The van der Waals surface area contributed by atoms with Crippen molar-refractivity contribution in [3.63, 3.8) is 0 Å². The number of thiophene rings is 1. The van der Waals surface area contributed by atoms with E-state index in [1.807, 2.05) is 24.1 Å². The van der Waals surface area contributed by atoms with Crippen LogP contribution >= 0.6 is 11.3 Å². The van der Waals surface area contributed by atoms with Crippen LogP contribution in [0.25, 0.3) is 0 Å². The second-order valence-electron chi connectivity index (χ2n) is 13.4. The van der Waals surface area contributed by atoms with E-state index in [-0.39, 0.29) is 55.4 Å². The third-order valence-electron chi connectivity index (χ3n) is 10.3. The van der Waals surface area contributed by atoms with E-state index >= 15 is 0 Å². The maximum atomic E-state index is 13.7. The molecule has 0 radical (unpaired) electrons. The number of amides is 2. The SMILES string of the molecule is Cc1nc2c(n1C1C[C@H]3CC[C@@H](C1)N3CC[C@H](NC(=O)C1CCC(F)(F)CC1)c1ccsc1)CCN(C(=O)C(C)C)C2. The number of carbonyl (C=O) groups excluding carboxylic acids is 2. The van der Waals surface area contributed by atoms with Crippen LogP contribution in [-0.2, 0) is 22.6 Å². The zero-order valence-corrected chi connectivity index (χ0v) is 26.0. The van der Waals surface area contributed by atoms with E-state index in [0.29, 0.717) is 24.7 Å². The highest BCUT2D eigenvalue weighted by Crippen LogP contribution is 2.43. The summed E-state index contributed by atoms with van der Waals surface area (Å²) >= 11 is 1.62. The number of aryl methyl sites for hydroxylation is 1. The summed E-state index contributed by atoms with van der Waals surface area (Å²) in [6, 6.07) is 3.43. The number of alkyl halides is 2.